The highest BCUT2D eigenvalue weighted by atomic mass is 79.9. The van der Waals surface area contributed by atoms with Crippen molar-refractivity contribution in [3.8, 4) is 0 Å². The standard InChI is InChI=1S/C16H11BrN2O/c17-13-8-4-7-12(10-13)15-18-14(16(20)19-15)9-11-5-2-1-3-6-11/h1-10H,(H,18,19,20). The molecule has 1 heterocycles. The van der Waals surface area contributed by atoms with Crippen molar-refractivity contribution in [2.75, 3.05) is 0 Å². The number of amidine groups is 1. The first-order chi connectivity index (χ1) is 9.72. The molecule has 0 aromatic heterocycles. The SMILES string of the molecule is O=C1NC(c2cccc(Br)c2)=NC1=Cc1ccccc1. The van der Waals surface area contributed by atoms with E-state index in [1.54, 1.807) is 6.08 Å². The van der Waals surface area contributed by atoms with Crippen molar-refractivity contribution in [3.63, 3.8) is 0 Å². The number of hydrogen-bond donors (Lipinski definition) is 1. The topological polar surface area (TPSA) is 41.5 Å². The van der Waals surface area contributed by atoms with E-state index < -0.39 is 0 Å². The van der Waals surface area contributed by atoms with Crippen molar-refractivity contribution in [2.45, 2.75) is 0 Å². The number of rotatable bonds is 2. The van der Waals surface area contributed by atoms with Crippen LogP contribution in [0.15, 0.2) is 69.8 Å². The van der Waals surface area contributed by atoms with Crippen LogP contribution >= 0.6 is 15.9 Å². The van der Waals surface area contributed by atoms with Gasteiger partial charge >= 0.3 is 0 Å². The molecule has 0 fully saturated rings. The van der Waals surface area contributed by atoms with Gasteiger partial charge in [0.15, 0.2) is 0 Å². The smallest absolute Gasteiger partial charge is 0.275 e. The van der Waals surface area contributed by atoms with Gasteiger partial charge in [-0.05, 0) is 23.8 Å². The molecule has 1 aliphatic rings. The minimum absolute atomic E-state index is 0.177. The largest absolute Gasteiger partial charge is 0.305 e. The van der Waals surface area contributed by atoms with Crippen LogP contribution in [0.25, 0.3) is 6.08 Å². The zero-order chi connectivity index (χ0) is 13.9. The number of hydrogen-bond acceptors (Lipinski definition) is 2. The number of nitrogens with one attached hydrogen (secondary N) is 1. The lowest BCUT2D eigenvalue weighted by Crippen LogP contribution is -2.24. The second-order valence-electron chi connectivity index (χ2n) is 4.37. The van der Waals surface area contributed by atoms with Crippen molar-refractivity contribution in [1.29, 1.82) is 0 Å². The predicted molar refractivity (Wildman–Crippen MR) is 83.2 cm³/mol. The average Bonchev–Trinajstić information content (AvgIpc) is 2.81. The van der Waals surface area contributed by atoms with Crippen molar-refractivity contribution in [2.24, 2.45) is 4.99 Å². The first-order valence-electron chi connectivity index (χ1n) is 6.15. The summed E-state index contributed by atoms with van der Waals surface area (Å²) in [5, 5.41) is 2.79. The van der Waals surface area contributed by atoms with E-state index in [9.17, 15) is 4.79 Å². The molecule has 1 N–H and O–H groups in total. The number of aliphatic imine (C=N–C) groups is 1. The fourth-order valence-electron chi connectivity index (χ4n) is 1.95. The highest BCUT2D eigenvalue weighted by Crippen LogP contribution is 2.17. The molecule has 2 aromatic rings. The van der Waals surface area contributed by atoms with Gasteiger partial charge in [0.25, 0.3) is 5.91 Å². The fraction of sp³-hybridized carbons (Fsp3) is 0. The van der Waals surface area contributed by atoms with Crippen LogP contribution < -0.4 is 5.32 Å². The second kappa shape index (κ2) is 5.43. The van der Waals surface area contributed by atoms with Gasteiger partial charge < -0.3 is 5.32 Å². The van der Waals surface area contributed by atoms with Gasteiger partial charge in [-0.25, -0.2) is 4.99 Å². The Morgan fingerprint density at radius 2 is 1.85 bits per heavy atom. The van der Waals surface area contributed by atoms with E-state index in [0.717, 1.165) is 15.6 Å². The summed E-state index contributed by atoms with van der Waals surface area (Å²) < 4.78 is 0.951. The lowest BCUT2D eigenvalue weighted by atomic mass is 10.2. The zero-order valence-electron chi connectivity index (χ0n) is 10.5. The molecule has 1 aliphatic heterocycles. The summed E-state index contributed by atoms with van der Waals surface area (Å²) in [6.45, 7) is 0. The van der Waals surface area contributed by atoms with Crippen molar-refractivity contribution in [3.05, 3.63) is 75.9 Å². The predicted octanol–water partition coefficient (Wildman–Crippen LogP) is 3.37. The van der Waals surface area contributed by atoms with E-state index in [1.807, 2.05) is 54.6 Å². The summed E-state index contributed by atoms with van der Waals surface area (Å²) in [7, 11) is 0. The first kappa shape index (κ1) is 12.8. The molecule has 1 amide bonds. The van der Waals surface area contributed by atoms with Crippen LogP contribution in [0.3, 0.4) is 0 Å². The molecule has 20 heavy (non-hydrogen) atoms. The third-order valence-corrected chi connectivity index (χ3v) is 3.39. The van der Waals surface area contributed by atoms with Crippen molar-refractivity contribution < 1.29 is 4.79 Å². The second-order valence-corrected chi connectivity index (χ2v) is 5.28. The number of carbonyl (C=O) groups is 1. The molecule has 2 aromatic carbocycles. The Hall–Kier alpha value is -2.20. The summed E-state index contributed by atoms with van der Waals surface area (Å²) >= 11 is 3.41. The molecule has 4 heteroatoms. The van der Waals surface area contributed by atoms with Gasteiger partial charge in [0.1, 0.15) is 11.5 Å². The average molecular weight is 327 g/mol. The van der Waals surface area contributed by atoms with E-state index in [0.29, 0.717) is 11.5 Å². The lowest BCUT2D eigenvalue weighted by molar-refractivity contribution is -0.115. The molecule has 0 bridgehead atoms. The Morgan fingerprint density at radius 3 is 2.60 bits per heavy atom. The molecule has 0 unspecified atom stereocenters. The maximum Gasteiger partial charge on any atom is 0.275 e. The number of nitrogens with zero attached hydrogens (tertiary/aromatic N) is 1. The lowest BCUT2D eigenvalue weighted by Gasteiger charge is -2.00. The normalized spacial score (nSPS) is 16.1. The van der Waals surface area contributed by atoms with E-state index in [2.05, 4.69) is 26.2 Å². The fourth-order valence-corrected chi connectivity index (χ4v) is 2.35. The highest BCUT2D eigenvalue weighted by molar-refractivity contribution is 9.10. The Bertz CT molecular complexity index is 720. The van der Waals surface area contributed by atoms with Crippen LogP contribution in [-0.2, 0) is 4.79 Å². The number of carbonyl (C=O) groups excluding carboxylic acids is 1. The molecule has 3 nitrogen and oxygen atoms in total. The third-order valence-electron chi connectivity index (χ3n) is 2.90. The number of amides is 1. The van der Waals surface area contributed by atoms with Crippen molar-refractivity contribution >= 4 is 33.7 Å². The van der Waals surface area contributed by atoms with Crippen LogP contribution in [0.4, 0.5) is 0 Å². The molecule has 3 rings (SSSR count). The molecule has 0 atom stereocenters. The summed E-state index contributed by atoms with van der Waals surface area (Å²) in [4.78, 5) is 16.3. The van der Waals surface area contributed by atoms with Crippen LogP contribution in [-0.4, -0.2) is 11.7 Å². The molecule has 0 saturated carbocycles. The van der Waals surface area contributed by atoms with Crippen LogP contribution in [0.2, 0.25) is 0 Å². The first-order valence-corrected chi connectivity index (χ1v) is 6.94. The summed E-state index contributed by atoms with van der Waals surface area (Å²) in [6, 6.07) is 17.3. The van der Waals surface area contributed by atoms with Gasteiger partial charge in [-0.2, -0.15) is 0 Å². The molecular weight excluding hydrogens is 316 g/mol. The van der Waals surface area contributed by atoms with Gasteiger partial charge in [-0.3, -0.25) is 4.79 Å². The Morgan fingerprint density at radius 1 is 1.05 bits per heavy atom. The Balaban J connectivity index is 1.95. The zero-order valence-corrected chi connectivity index (χ0v) is 12.1. The quantitative estimate of drug-likeness (QED) is 0.844. The molecular formula is C16H11BrN2O. The molecule has 0 spiro atoms. The maximum atomic E-state index is 11.9. The summed E-state index contributed by atoms with van der Waals surface area (Å²) in [6.07, 6.45) is 1.78. The minimum Gasteiger partial charge on any atom is -0.305 e. The molecule has 98 valence electrons. The Kier molecular flexibility index (Phi) is 3.48. The van der Waals surface area contributed by atoms with Gasteiger partial charge in [0.2, 0.25) is 0 Å². The number of halogens is 1. The summed E-state index contributed by atoms with van der Waals surface area (Å²) in [5.41, 5.74) is 2.26. The maximum absolute atomic E-state index is 11.9. The van der Waals surface area contributed by atoms with E-state index in [4.69, 9.17) is 0 Å². The van der Waals surface area contributed by atoms with Crippen LogP contribution in [0.5, 0.6) is 0 Å². The number of benzene rings is 2. The van der Waals surface area contributed by atoms with Gasteiger partial charge in [0.05, 0.1) is 0 Å². The van der Waals surface area contributed by atoms with Gasteiger partial charge in [-0.15, -0.1) is 0 Å². The minimum atomic E-state index is -0.177. The highest BCUT2D eigenvalue weighted by Gasteiger charge is 2.20. The van der Waals surface area contributed by atoms with Crippen LogP contribution in [0.1, 0.15) is 11.1 Å². The molecule has 0 saturated heterocycles. The van der Waals surface area contributed by atoms with E-state index in [1.165, 1.54) is 0 Å². The third kappa shape index (κ3) is 2.70. The Labute approximate surface area is 125 Å². The summed E-state index contributed by atoms with van der Waals surface area (Å²) in [5.74, 6) is 0.405. The van der Waals surface area contributed by atoms with E-state index in [-0.39, 0.29) is 5.91 Å². The van der Waals surface area contributed by atoms with Crippen molar-refractivity contribution in [1.82, 2.24) is 5.32 Å². The van der Waals surface area contributed by atoms with E-state index >= 15 is 0 Å². The molecule has 0 aliphatic carbocycles. The monoisotopic (exact) mass is 326 g/mol. The van der Waals surface area contributed by atoms with Crippen LogP contribution in [0, 0.1) is 0 Å². The van der Waals surface area contributed by atoms with Gasteiger partial charge in [0, 0.05) is 10.0 Å². The van der Waals surface area contributed by atoms with Gasteiger partial charge in [-0.1, -0.05) is 58.4 Å². The molecule has 0 radical (unpaired) electrons.